The molecule has 2 heterocycles. The molecule has 11 nitrogen and oxygen atoms in total. The van der Waals surface area contributed by atoms with Gasteiger partial charge in [0.05, 0.1) is 7.11 Å². The van der Waals surface area contributed by atoms with Gasteiger partial charge in [0.2, 0.25) is 6.10 Å². The van der Waals surface area contributed by atoms with Crippen LogP contribution in [0.15, 0.2) is 36.4 Å². The molecule has 1 atom stereocenters. The number of nitrogens with zero attached hydrogens (tertiary/aromatic N) is 2. The summed E-state index contributed by atoms with van der Waals surface area (Å²) in [6, 6.07) is 10.5. The molecule has 0 bridgehead atoms. The molecule has 0 aromatic heterocycles. The number of hydrogen-bond acceptors (Lipinski definition) is 6. The molecule has 2 aromatic rings. The number of fused-ring (bicyclic) bond motifs is 1. The van der Waals surface area contributed by atoms with Gasteiger partial charge in [-0.15, -0.1) is 0 Å². The third kappa shape index (κ3) is 5.56. The Kier molecular flexibility index (Phi) is 7.37. The Hall–Kier alpha value is -4.15. The molecule has 0 aliphatic carbocycles. The van der Waals surface area contributed by atoms with E-state index in [-0.39, 0.29) is 18.0 Å². The van der Waals surface area contributed by atoms with Gasteiger partial charge < -0.3 is 40.6 Å². The Labute approximate surface area is 209 Å². The predicted molar refractivity (Wildman–Crippen MR) is 134 cm³/mol. The number of carbonyl (C=O) groups is 1. The SMILES string of the molecule is COc1cc2c(cc1OC(C(=O)O)c1ccc(OC3CCN(C(=N)N)CC3)cc1)CN(C(=N)N)CC2. The molecule has 192 valence electrons. The number of nitrogens with two attached hydrogens (primary N) is 2. The molecule has 11 heteroatoms. The average molecular weight is 497 g/mol. The lowest BCUT2D eigenvalue weighted by Crippen LogP contribution is -2.44. The third-order valence-corrected chi connectivity index (χ3v) is 6.58. The summed E-state index contributed by atoms with van der Waals surface area (Å²) in [4.78, 5) is 15.7. The summed E-state index contributed by atoms with van der Waals surface area (Å²) < 4.78 is 17.5. The van der Waals surface area contributed by atoms with E-state index < -0.39 is 12.1 Å². The highest BCUT2D eigenvalue weighted by Gasteiger charge is 2.27. The van der Waals surface area contributed by atoms with Gasteiger partial charge in [-0.1, -0.05) is 12.1 Å². The van der Waals surface area contributed by atoms with Crippen LogP contribution in [0.2, 0.25) is 0 Å². The monoisotopic (exact) mass is 496 g/mol. The van der Waals surface area contributed by atoms with E-state index in [0.717, 1.165) is 24.0 Å². The number of carboxylic acids is 1. The van der Waals surface area contributed by atoms with E-state index in [9.17, 15) is 9.90 Å². The Morgan fingerprint density at radius 1 is 1.00 bits per heavy atom. The van der Waals surface area contributed by atoms with Gasteiger partial charge in [0.15, 0.2) is 23.4 Å². The molecule has 0 saturated carbocycles. The van der Waals surface area contributed by atoms with Crippen molar-refractivity contribution in [1.29, 1.82) is 10.8 Å². The minimum atomic E-state index is -1.25. The maximum absolute atomic E-state index is 12.1. The molecule has 1 unspecified atom stereocenters. The van der Waals surface area contributed by atoms with Gasteiger partial charge in [0.1, 0.15) is 11.9 Å². The summed E-state index contributed by atoms with van der Waals surface area (Å²) in [6.07, 6.45) is 0.955. The molecule has 1 saturated heterocycles. The first-order chi connectivity index (χ1) is 17.2. The zero-order chi connectivity index (χ0) is 25.8. The van der Waals surface area contributed by atoms with Crippen molar-refractivity contribution in [2.45, 2.75) is 38.0 Å². The van der Waals surface area contributed by atoms with E-state index in [1.165, 1.54) is 7.11 Å². The summed E-state index contributed by atoms with van der Waals surface area (Å²) in [5.74, 6) is 0.336. The van der Waals surface area contributed by atoms with Crippen molar-refractivity contribution in [3.05, 3.63) is 53.1 Å². The molecule has 2 aliphatic rings. The Bertz CT molecular complexity index is 1130. The molecule has 0 amide bonds. The first-order valence-electron chi connectivity index (χ1n) is 11.8. The quantitative estimate of drug-likeness (QED) is 0.283. The van der Waals surface area contributed by atoms with Crippen LogP contribution >= 0.6 is 0 Å². The van der Waals surface area contributed by atoms with Gasteiger partial charge in [-0.25, -0.2) is 4.79 Å². The van der Waals surface area contributed by atoms with E-state index in [0.29, 0.717) is 55.4 Å². The van der Waals surface area contributed by atoms with E-state index in [4.69, 9.17) is 36.5 Å². The number of aliphatic carboxylic acids is 1. The number of rotatable bonds is 7. The van der Waals surface area contributed by atoms with Crippen LogP contribution in [-0.2, 0) is 17.8 Å². The van der Waals surface area contributed by atoms with Gasteiger partial charge in [-0.3, -0.25) is 10.8 Å². The number of hydrogen-bond donors (Lipinski definition) is 5. The molecule has 4 rings (SSSR count). The number of ether oxygens (including phenoxy) is 3. The topological polar surface area (TPSA) is 171 Å². The van der Waals surface area contributed by atoms with E-state index in [1.54, 1.807) is 35.2 Å². The second kappa shape index (κ2) is 10.6. The van der Waals surface area contributed by atoms with Gasteiger partial charge in [-0.05, 0) is 41.8 Å². The number of guanidine groups is 2. The third-order valence-electron chi connectivity index (χ3n) is 6.58. The highest BCUT2D eigenvalue weighted by Crippen LogP contribution is 2.36. The molecule has 7 N–H and O–H groups in total. The lowest BCUT2D eigenvalue weighted by Gasteiger charge is -2.32. The van der Waals surface area contributed by atoms with Crippen LogP contribution in [0.25, 0.3) is 0 Å². The highest BCUT2D eigenvalue weighted by molar-refractivity contribution is 5.76. The summed E-state index contributed by atoms with van der Waals surface area (Å²) in [5.41, 5.74) is 13.6. The molecular weight excluding hydrogens is 464 g/mol. The molecule has 0 spiro atoms. The van der Waals surface area contributed by atoms with Crippen LogP contribution in [0.4, 0.5) is 0 Å². The van der Waals surface area contributed by atoms with Crippen LogP contribution in [0.3, 0.4) is 0 Å². The lowest BCUT2D eigenvalue weighted by atomic mass is 9.99. The summed E-state index contributed by atoms with van der Waals surface area (Å²) in [6.45, 7) is 2.41. The molecule has 36 heavy (non-hydrogen) atoms. The van der Waals surface area contributed by atoms with Crippen LogP contribution < -0.4 is 25.7 Å². The average Bonchev–Trinajstić information content (AvgIpc) is 2.87. The zero-order valence-electron chi connectivity index (χ0n) is 20.2. The fourth-order valence-electron chi connectivity index (χ4n) is 4.54. The predicted octanol–water partition coefficient (Wildman–Crippen LogP) is 1.89. The molecule has 2 aromatic carbocycles. The molecular formula is C25H32N6O5. The van der Waals surface area contributed by atoms with Crippen molar-refractivity contribution in [1.82, 2.24) is 9.80 Å². The number of methoxy groups -OCH3 is 1. The van der Waals surface area contributed by atoms with Crippen LogP contribution in [0, 0.1) is 10.8 Å². The number of benzene rings is 2. The summed E-state index contributed by atoms with van der Waals surface area (Å²) in [5, 5.41) is 25.2. The fraction of sp³-hybridized carbons (Fsp3) is 0.400. The Balaban J connectivity index is 1.48. The molecule has 2 aliphatic heterocycles. The Morgan fingerprint density at radius 2 is 1.64 bits per heavy atom. The van der Waals surface area contributed by atoms with Crippen LogP contribution in [0.1, 0.15) is 35.6 Å². The number of nitrogens with one attached hydrogen (secondary N) is 2. The highest BCUT2D eigenvalue weighted by atomic mass is 16.5. The number of piperidine rings is 1. The standard InChI is InChI=1S/C25H32N6O5/c1-34-20-12-16-6-9-31(25(28)29)14-17(16)13-21(20)36-22(23(32)33)15-2-4-18(5-3-15)35-19-7-10-30(11-8-19)24(26)27/h2-5,12-13,19,22H,6-11,14H2,1H3,(H3,26,27)(H3,28,29)(H,32,33). The van der Waals surface area contributed by atoms with Crippen LogP contribution in [0.5, 0.6) is 17.2 Å². The Morgan fingerprint density at radius 3 is 2.22 bits per heavy atom. The van der Waals surface area contributed by atoms with Crippen molar-refractivity contribution in [3.8, 4) is 17.2 Å². The van der Waals surface area contributed by atoms with Crippen molar-refractivity contribution < 1.29 is 24.1 Å². The zero-order valence-corrected chi connectivity index (χ0v) is 20.2. The summed E-state index contributed by atoms with van der Waals surface area (Å²) >= 11 is 0. The van der Waals surface area contributed by atoms with Gasteiger partial charge in [0.25, 0.3) is 0 Å². The maximum atomic E-state index is 12.1. The van der Waals surface area contributed by atoms with Gasteiger partial charge >= 0.3 is 5.97 Å². The minimum Gasteiger partial charge on any atom is -0.493 e. The van der Waals surface area contributed by atoms with E-state index in [2.05, 4.69) is 0 Å². The smallest absolute Gasteiger partial charge is 0.349 e. The summed E-state index contributed by atoms with van der Waals surface area (Å²) in [7, 11) is 1.52. The van der Waals surface area contributed by atoms with Crippen LogP contribution in [-0.4, -0.2) is 65.6 Å². The number of likely N-dealkylation sites (tertiary alicyclic amines) is 1. The minimum absolute atomic E-state index is 0.00550. The second-order valence-electron chi connectivity index (χ2n) is 8.92. The van der Waals surface area contributed by atoms with E-state index in [1.807, 2.05) is 11.0 Å². The number of carboxylic acid groups (broad SMARTS) is 1. The first-order valence-corrected chi connectivity index (χ1v) is 11.8. The normalized spacial score (nSPS) is 16.6. The molecule has 1 fully saturated rings. The lowest BCUT2D eigenvalue weighted by molar-refractivity contribution is -0.145. The van der Waals surface area contributed by atoms with Gasteiger partial charge in [0, 0.05) is 44.6 Å². The fourth-order valence-corrected chi connectivity index (χ4v) is 4.54. The second-order valence-corrected chi connectivity index (χ2v) is 8.92. The first kappa shape index (κ1) is 25.0. The molecule has 0 radical (unpaired) electrons. The van der Waals surface area contributed by atoms with Crippen molar-refractivity contribution in [3.63, 3.8) is 0 Å². The van der Waals surface area contributed by atoms with E-state index >= 15 is 0 Å². The largest absolute Gasteiger partial charge is 0.493 e. The van der Waals surface area contributed by atoms with Crippen molar-refractivity contribution >= 4 is 17.9 Å². The van der Waals surface area contributed by atoms with Crippen molar-refractivity contribution in [2.75, 3.05) is 26.7 Å². The van der Waals surface area contributed by atoms with Gasteiger partial charge in [-0.2, -0.15) is 0 Å². The van der Waals surface area contributed by atoms with Crippen molar-refractivity contribution in [2.24, 2.45) is 11.5 Å². The maximum Gasteiger partial charge on any atom is 0.349 e.